The lowest BCUT2D eigenvalue weighted by Crippen LogP contribution is -2.46. The lowest BCUT2D eigenvalue weighted by Gasteiger charge is -2.32. The molecular formula is C16H25NO4S2. The van der Waals surface area contributed by atoms with Crippen LogP contribution in [0.3, 0.4) is 0 Å². The van der Waals surface area contributed by atoms with Gasteiger partial charge in [-0.3, -0.25) is 0 Å². The van der Waals surface area contributed by atoms with Crippen LogP contribution in [-0.2, 0) is 19.9 Å². The molecule has 2 rings (SSSR count). The lowest BCUT2D eigenvalue weighted by atomic mass is 10.1. The third-order valence-electron chi connectivity index (χ3n) is 4.65. The van der Waals surface area contributed by atoms with Gasteiger partial charge in [0.25, 0.3) is 0 Å². The van der Waals surface area contributed by atoms with Gasteiger partial charge in [-0.25, -0.2) is 16.8 Å². The Hall–Kier alpha value is -0.920. The predicted octanol–water partition coefficient (Wildman–Crippen LogP) is 2.28. The molecular weight excluding hydrogens is 334 g/mol. The van der Waals surface area contributed by atoms with E-state index >= 15 is 0 Å². The van der Waals surface area contributed by atoms with Crippen molar-refractivity contribution in [3.05, 3.63) is 29.3 Å². The molecule has 0 aromatic heterocycles. The van der Waals surface area contributed by atoms with Gasteiger partial charge in [-0.15, -0.1) is 0 Å². The highest BCUT2D eigenvalue weighted by Crippen LogP contribution is 2.29. The summed E-state index contributed by atoms with van der Waals surface area (Å²) in [7, 11) is -6.86. The number of rotatable bonds is 5. The molecule has 0 amide bonds. The maximum Gasteiger partial charge on any atom is 0.243 e. The molecule has 0 N–H and O–H groups in total. The van der Waals surface area contributed by atoms with Gasteiger partial charge in [0.2, 0.25) is 10.0 Å². The molecule has 2 atom stereocenters. The molecule has 1 fully saturated rings. The molecule has 1 aliphatic rings. The molecule has 23 heavy (non-hydrogen) atoms. The molecule has 0 radical (unpaired) electrons. The van der Waals surface area contributed by atoms with Crippen molar-refractivity contribution in [1.29, 1.82) is 0 Å². The second-order valence-electron chi connectivity index (χ2n) is 6.40. The third kappa shape index (κ3) is 3.78. The zero-order valence-electron chi connectivity index (χ0n) is 14.1. The van der Waals surface area contributed by atoms with Crippen molar-refractivity contribution in [2.24, 2.45) is 0 Å². The van der Waals surface area contributed by atoms with Crippen molar-refractivity contribution in [3.8, 4) is 0 Å². The molecule has 130 valence electrons. The number of hydrogen-bond acceptors (Lipinski definition) is 4. The summed E-state index contributed by atoms with van der Waals surface area (Å²) >= 11 is 0. The lowest BCUT2D eigenvalue weighted by molar-refractivity contribution is 0.271. The second-order valence-corrected chi connectivity index (χ2v) is 10.5. The van der Waals surface area contributed by atoms with Crippen LogP contribution >= 0.6 is 0 Å². The van der Waals surface area contributed by atoms with Crippen molar-refractivity contribution in [3.63, 3.8) is 0 Å². The van der Waals surface area contributed by atoms with E-state index in [1.807, 2.05) is 27.7 Å². The zero-order valence-corrected chi connectivity index (χ0v) is 15.7. The molecule has 0 spiro atoms. The molecule has 0 unspecified atom stereocenters. The van der Waals surface area contributed by atoms with E-state index in [9.17, 15) is 16.8 Å². The molecule has 1 heterocycles. The minimum absolute atomic E-state index is 0.0625. The van der Waals surface area contributed by atoms with Gasteiger partial charge < -0.3 is 0 Å². The first-order valence-electron chi connectivity index (χ1n) is 7.89. The standard InChI is InChI=1S/C16H25NO4S2/c1-5-14(4)17(15-8-9-22(18,19)11-15)23(20,21)16-7-6-12(2)13(3)10-16/h6-7,10,14-15H,5,8-9,11H2,1-4H3/t14-,15-/m1/s1. The maximum atomic E-state index is 13.1. The Morgan fingerprint density at radius 1 is 1.26 bits per heavy atom. The molecule has 1 saturated heterocycles. The predicted molar refractivity (Wildman–Crippen MR) is 91.8 cm³/mol. The molecule has 0 saturated carbocycles. The van der Waals surface area contributed by atoms with Gasteiger partial charge in [0.1, 0.15) is 0 Å². The van der Waals surface area contributed by atoms with Crippen LogP contribution in [0.5, 0.6) is 0 Å². The van der Waals surface area contributed by atoms with Gasteiger partial charge in [-0.1, -0.05) is 13.0 Å². The van der Waals surface area contributed by atoms with Crippen LogP contribution in [0.15, 0.2) is 23.1 Å². The first-order valence-corrected chi connectivity index (χ1v) is 11.2. The summed E-state index contributed by atoms with van der Waals surface area (Å²) in [5.41, 5.74) is 1.94. The summed E-state index contributed by atoms with van der Waals surface area (Å²) < 4.78 is 51.3. The topological polar surface area (TPSA) is 71.5 Å². The van der Waals surface area contributed by atoms with Crippen LogP contribution < -0.4 is 0 Å². The number of nitrogens with zero attached hydrogens (tertiary/aromatic N) is 1. The van der Waals surface area contributed by atoms with Crippen LogP contribution in [0.4, 0.5) is 0 Å². The Balaban J connectivity index is 2.47. The van der Waals surface area contributed by atoms with Crippen LogP contribution in [0, 0.1) is 13.8 Å². The van der Waals surface area contributed by atoms with E-state index in [-0.39, 0.29) is 22.4 Å². The van der Waals surface area contributed by atoms with Crippen LogP contribution in [0.2, 0.25) is 0 Å². The van der Waals surface area contributed by atoms with E-state index in [1.165, 1.54) is 4.31 Å². The molecule has 1 aliphatic heterocycles. The second kappa shape index (κ2) is 6.53. The Kier molecular flexibility index (Phi) is 5.23. The van der Waals surface area contributed by atoms with Crippen molar-refractivity contribution in [1.82, 2.24) is 4.31 Å². The highest BCUT2D eigenvalue weighted by atomic mass is 32.2. The van der Waals surface area contributed by atoms with E-state index in [1.54, 1.807) is 18.2 Å². The smallest absolute Gasteiger partial charge is 0.229 e. The largest absolute Gasteiger partial charge is 0.243 e. The fourth-order valence-electron chi connectivity index (χ4n) is 2.95. The Labute approximate surface area is 139 Å². The van der Waals surface area contributed by atoms with Crippen LogP contribution in [0.25, 0.3) is 0 Å². The van der Waals surface area contributed by atoms with Gasteiger partial charge in [0.15, 0.2) is 9.84 Å². The van der Waals surface area contributed by atoms with E-state index in [0.29, 0.717) is 12.8 Å². The Morgan fingerprint density at radius 2 is 1.91 bits per heavy atom. The summed E-state index contributed by atoms with van der Waals surface area (Å²) in [4.78, 5) is 0.241. The molecule has 1 aromatic rings. The summed E-state index contributed by atoms with van der Waals surface area (Å²) in [5.74, 6) is -0.0194. The SMILES string of the molecule is CC[C@@H](C)N([C@@H]1CCS(=O)(=O)C1)S(=O)(=O)c1ccc(C)c(C)c1. The van der Waals surface area contributed by atoms with Gasteiger partial charge in [-0.2, -0.15) is 4.31 Å². The van der Waals surface area contributed by atoms with Crippen LogP contribution in [0.1, 0.15) is 37.8 Å². The summed E-state index contributed by atoms with van der Waals surface area (Å²) in [6.07, 6.45) is 1.01. The first-order chi connectivity index (χ1) is 10.6. The van der Waals surface area contributed by atoms with Crippen molar-refractivity contribution in [2.45, 2.75) is 57.5 Å². The highest BCUT2D eigenvalue weighted by Gasteiger charge is 2.40. The average molecular weight is 360 g/mol. The van der Waals surface area contributed by atoms with Crippen molar-refractivity contribution >= 4 is 19.9 Å². The summed E-state index contributed by atoms with van der Waals surface area (Å²) in [6, 6.07) is 4.36. The molecule has 0 bridgehead atoms. The van der Waals surface area contributed by atoms with Gasteiger partial charge in [0.05, 0.1) is 16.4 Å². The minimum Gasteiger partial charge on any atom is -0.229 e. The number of aryl methyl sites for hydroxylation is 2. The Morgan fingerprint density at radius 3 is 2.39 bits per heavy atom. The van der Waals surface area contributed by atoms with E-state index in [4.69, 9.17) is 0 Å². The minimum atomic E-state index is -3.72. The Bertz CT molecular complexity index is 784. The van der Waals surface area contributed by atoms with Gasteiger partial charge >= 0.3 is 0 Å². The number of sulfonamides is 1. The summed E-state index contributed by atoms with van der Waals surface area (Å²) in [6.45, 7) is 7.56. The molecule has 0 aliphatic carbocycles. The molecule has 7 heteroatoms. The van der Waals surface area contributed by atoms with E-state index in [2.05, 4.69) is 0 Å². The molecule has 5 nitrogen and oxygen atoms in total. The first kappa shape index (κ1) is 18.4. The fourth-order valence-corrected chi connectivity index (χ4v) is 6.76. The number of sulfone groups is 1. The van der Waals surface area contributed by atoms with Gasteiger partial charge in [-0.05, 0) is 56.9 Å². The van der Waals surface area contributed by atoms with Crippen molar-refractivity contribution < 1.29 is 16.8 Å². The summed E-state index contributed by atoms with van der Waals surface area (Å²) in [5, 5.41) is 0. The van der Waals surface area contributed by atoms with Crippen molar-refractivity contribution in [2.75, 3.05) is 11.5 Å². The fraction of sp³-hybridized carbons (Fsp3) is 0.625. The average Bonchev–Trinajstić information content (AvgIpc) is 2.81. The number of benzene rings is 1. The normalized spacial score (nSPS) is 22.4. The monoisotopic (exact) mass is 359 g/mol. The van der Waals surface area contributed by atoms with Crippen LogP contribution in [-0.4, -0.2) is 44.7 Å². The zero-order chi connectivity index (χ0) is 17.4. The van der Waals surface area contributed by atoms with E-state index in [0.717, 1.165) is 11.1 Å². The highest BCUT2D eigenvalue weighted by molar-refractivity contribution is 7.92. The maximum absolute atomic E-state index is 13.1. The van der Waals surface area contributed by atoms with E-state index < -0.39 is 25.9 Å². The molecule has 1 aromatic carbocycles. The number of hydrogen-bond donors (Lipinski definition) is 0. The van der Waals surface area contributed by atoms with Gasteiger partial charge in [0, 0.05) is 12.1 Å². The third-order valence-corrected chi connectivity index (χ3v) is 8.46. The quantitative estimate of drug-likeness (QED) is 0.808.